The van der Waals surface area contributed by atoms with Crippen molar-refractivity contribution >= 4 is 17.3 Å². The van der Waals surface area contributed by atoms with Crippen molar-refractivity contribution in [2.45, 2.75) is 63.5 Å². The number of phenolic OH excluding ortho intramolecular Hbond substituents is 2. The predicted molar refractivity (Wildman–Crippen MR) is 159 cm³/mol. The molecule has 3 aromatic carbocycles. The van der Waals surface area contributed by atoms with Gasteiger partial charge >= 0.3 is 12.1 Å². The zero-order chi connectivity index (χ0) is 30.2. The van der Waals surface area contributed by atoms with Gasteiger partial charge in [0.15, 0.2) is 0 Å². The number of aromatic hydroxyl groups is 2. The zero-order valence-electron chi connectivity index (χ0n) is 23.2. The molecule has 0 spiro atoms. The fraction of sp³-hybridized carbons (Fsp3) is 0.394. The van der Waals surface area contributed by atoms with E-state index in [4.69, 9.17) is 4.74 Å². The molecule has 3 aromatic rings. The average Bonchev–Trinajstić information content (AvgIpc) is 3.17. The van der Waals surface area contributed by atoms with E-state index in [-0.39, 0.29) is 23.7 Å². The highest BCUT2D eigenvalue weighted by Crippen LogP contribution is 2.42. The standard InChI is InChI=1S/C33H35F5O3S/c34-32(35,33(36,37)38)19-6-22-42-21-5-1-4-20-41-26-15-11-23(12-16-26)27-7-2-3-8-29-28(27)17-18-30(40)31(29)24-9-13-25(39)14-10-24/h7,9-18,39-40H,1-6,8,19-22H2. The number of fused-ring (bicyclic) bond motifs is 1. The number of thioether (sulfide) groups is 1. The first kappa shape index (κ1) is 31.7. The molecule has 3 nitrogen and oxygen atoms in total. The summed E-state index contributed by atoms with van der Waals surface area (Å²) in [7, 11) is 0. The van der Waals surface area contributed by atoms with Crippen LogP contribution in [-0.4, -0.2) is 40.4 Å². The van der Waals surface area contributed by atoms with Crippen molar-refractivity contribution in [3.8, 4) is 28.4 Å². The fourth-order valence-electron chi connectivity index (χ4n) is 5.05. The van der Waals surface area contributed by atoms with Crippen LogP contribution in [0, 0.1) is 0 Å². The molecule has 0 bridgehead atoms. The van der Waals surface area contributed by atoms with E-state index in [1.54, 1.807) is 18.2 Å². The molecule has 0 heterocycles. The number of unbranched alkanes of at least 4 members (excludes halogenated alkanes) is 2. The lowest BCUT2D eigenvalue weighted by Crippen LogP contribution is -2.36. The first-order valence-corrected chi connectivity index (χ1v) is 15.3. The molecule has 1 aliphatic carbocycles. The second kappa shape index (κ2) is 14.3. The normalized spacial score (nSPS) is 13.8. The number of phenols is 2. The van der Waals surface area contributed by atoms with Crippen molar-refractivity contribution in [1.29, 1.82) is 0 Å². The maximum absolute atomic E-state index is 12.9. The molecule has 1 aliphatic rings. The third-order valence-electron chi connectivity index (χ3n) is 7.28. The van der Waals surface area contributed by atoms with Crippen LogP contribution in [-0.2, 0) is 6.42 Å². The molecule has 0 unspecified atom stereocenters. The van der Waals surface area contributed by atoms with E-state index in [1.165, 1.54) is 11.8 Å². The highest BCUT2D eigenvalue weighted by Gasteiger charge is 2.56. The minimum Gasteiger partial charge on any atom is -0.508 e. The number of allylic oxidation sites excluding steroid dienone is 1. The van der Waals surface area contributed by atoms with E-state index in [0.29, 0.717) is 6.61 Å². The number of hydrogen-bond donors (Lipinski definition) is 2. The molecule has 0 amide bonds. The molecule has 0 fully saturated rings. The molecule has 2 N–H and O–H groups in total. The van der Waals surface area contributed by atoms with E-state index in [1.807, 2.05) is 42.5 Å². The van der Waals surface area contributed by atoms with Crippen molar-refractivity contribution in [2.75, 3.05) is 18.1 Å². The van der Waals surface area contributed by atoms with Gasteiger partial charge in [-0.25, -0.2) is 0 Å². The summed E-state index contributed by atoms with van der Waals surface area (Å²) in [5.41, 5.74) is 5.97. The van der Waals surface area contributed by atoms with E-state index < -0.39 is 18.5 Å². The zero-order valence-corrected chi connectivity index (χ0v) is 24.0. The molecule has 0 saturated carbocycles. The van der Waals surface area contributed by atoms with Gasteiger partial charge < -0.3 is 14.9 Å². The van der Waals surface area contributed by atoms with Gasteiger partial charge in [0.25, 0.3) is 0 Å². The quantitative estimate of drug-likeness (QED) is 0.150. The van der Waals surface area contributed by atoms with Gasteiger partial charge in [0.2, 0.25) is 0 Å². The first-order chi connectivity index (χ1) is 20.1. The highest BCUT2D eigenvalue weighted by atomic mass is 32.2. The number of halogens is 5. The molecule has 0 radical (unpaired) electrons. The smallest absolute Gasteiger partial charge is 0.453 e. The summed E-state index contributed by atoms with van der Waals surface area (Å²) in [5, 5.41) is 20.5. The summed E-state index contributed by atoms with van der Waals surface area (Å²) < 4.78 is 68.3. The summed E-state index contributed by atoms with van der Waals surface area (Å²) in [6.07, 6.45) is 0.672. The number of alkyl halides is 5. The van der Waals surface area contributed by atoms with Gasteiger partial charge in [0.05, 0.1) is 6.61 Å². The van der Waals surface area contributed by atoms with E-state index >= 15 is 0 Å². The van der Waals surface area contributed by atoms with E-state index in [0.717, 1.165) is 83.4 Å². The Hall–Kier alpha value is -3.20. The van der Waals surface area contributed by atoms with Crippen LogP contribution in [0.3, 0.4) is 0 Å². The summed E-state index contributed by atoms with van der Waals surface area (Å²) in [6, 6.07) is 18.5. The number of benzene rings is 3. The number of ether oxygens (including phenoxy) is 1. The molecular weight excluding hydrogens is 571 g/mol. The molecule has 4 rings (SSSR count). The van der Waals surface area contributed by atoms with Crippen LogP contribution < -0.4 is 4.74 Å². The molecule has 0 atom stereocenters. The first-order valence-electron chi connectivity index (χ1n) is 14.2. The summed E-state index contributed by atoms with van der Waals surface area (Å²) >= 11 is 1.40. The van der Waals surface area contributed by atoms with E-state index in [9.17, 15) is 32.2 Å². The Bertz CT molecular complexity index is 1340. The van der Waals surface area contributed by atoms with Crippen LogP contribution in [0.15, 0.2) is 66.7 Å². The molecular formula is C33H35F5O3S. The Balaban J connectivity index is 1.25. The van der Waals surface area contributed by atoms with Gasteiger partial charge in [-0.3, -0.25) is 0 Å². The van der Waals surface area contributed by atoms with Crippen LogP contribution >= 0.6 is 11.8 Å². The lowest BCUT2D eigenvalue weighted by molar-refractivity contribution is -0.284. The van der Waals surface area contributed by atoms with Gasteiger partial charge in [-0.2, -0.15) is 33.7 Å². The third-order valence-corrected chi connectivity index (χ3v) is 8.43. The minimum absolute atomic E-state index is 0.166. The SMILES string of the molecule is Oc1ccc(-c2c(O)ccc3c2CCCC=C3c2ccc(OCCCCCSCCCC(F)(F)C(F)(F)F)cc2)cc1. The Morgan fingerprint density at radius 2 is 1.45 bits per heavy atom. The molecule has 9 heteroatoms. The lowest BCUT2D eigenvalue weighted by Gasteiger charge is -2.19. The fourth-order valence-corrected chi connectivity index (χ4v) is 6.01. The molecule has 0 aliphatic heterocycles. The summed E-state index contributed by atoms with van der Waals surface area (Å²) in [5.74, 6) is -2.46. The molecule has 226 valence electrons. The predicted octanol–water partition coefficient (Wildman–Crippen LogP) is 9.79. The third kappa shape index (κ3) is 8.21. The van der Waals surface area contributed by atoms with Gasteiger partial charge in [-0.05, 0) is 115 Å². The van der Waals surface area contributed by atoms with Gasteiger partial charge in [0, 0.05) is 12.0 Å². The van der Waals surface area contributed by atoms with Crippen LogP contribution in [0.5, 0.6) is 17.2 Å². The Labute approximate surface area is 247 Å². The Kier molecular flexibility index (Phi) is 10.8. The van der Waals surface area contributed by atoms with Crippen LogP contribution in [0.1, 0.15) is 61.6 Å². The van der Waals surface area contributed by atoms with Crippen LogP contribution in [0.2, 0.25) is 0 Å². The molecule has 42 heavy (non-hydrogen) atoms. The maximum atomic E-state index is 12.9. The summed E-state index contributed by atoms with van der Waals surface area (Å²) in [6.45, 7) is 0.530. The van der Waals surface area contributed by atoms with Crippen LogP contribution in [0.4, 0.5) is 22.0 Å². The largest absolute Gasteiger partial charge is 0.508 e. The number of hydrogen-bond acceptors (Lipinski definition) is 4. The molecule has 0 saturated heterocycles. The van der Waals surface area contributed by atoms with Crippen molar-refractivity contribution in [2.24, 2.45) is 0 Å². The highest BCUT2D eigenvalue weighted by molar-refractivity contribution is 7.99. The minimum atomic E-state index is -5.47. The Morgan fingerprint density at radius 1 is 0.762 bits per heavy atom. The molecule has 0 aromatic heterocycles. The van der Waals surface area contributed by atoms with E-state index in [2.05, 4.69) is 6.08 Å². The second-order valence-corrected chi connectivity index (χ2v) is 11.6. The monoisotopic (exact) mass is 606 g/mol. The summed E-state index contributed by atoms with van der Waals surface area (Å²) in [4.78, 5) is 0. The van der Waals surface area contributed by atoms with Gasteiger partial charge in [-0.15, -0.1) is 0 Å². The maximum Gasteiger partial charge on any atom is 0.453 e. The van der Waals surface area contributed by atoms with Gasteiger partial charge in [-0.1, -0.05) is 36.4 Å². The average molecular weight is 607 g/mol. The number of rotatable bonds is 13. The lowest BCUT2D eigenvalue weighted by atomic mass is 9.87. The second-order valence-electron chi connectivity index (χ2n) is 10.4. The van der Waals surface area contributed by atoms with Crippen molar-refractivity contribution < 1.29 is 36.9 Å². The van der Waals surface area contributed by atoms with Crippen molar-refractivity contribution in [1.82, 2.24) is 0 Å². The van der Waals surface area contributed by atoms with Crippen molar-refractivity contribution in [3.05, 3.63) is 83.4 Å². The Morgan fingerprint density at radius 3 is 2.17 bits per heavy atom. The van der Waals surface area contributed by atoms with Gasteiger partial charge in [0.1, 0.15) is 17.2 Å². The topological polar surface area (TPSA) is 49.7 Å². The van der Waals surface area contributed by atoms with Crippen LogP contribution in [0.25, 0.3) is 16.7 Å². The van der Waals surface area contributed by atoms with Crippen molar-refractivity contribution in [3.63, 3.8) is 0 Å².